The van der Waals surface area contributed by atoms with E-state index in [9.17, 15) is 9.70 Å². The quantitative estimate of drug-likeness (QED) is 0.730. The standard InChI is InChI=1S/C10H11NO3/c12-10(13)3-1-2-8-4-6-9(11-14)7-5-8/h4-7H,1-3H2,(H,12,13). The molecule has 0 atom stereocenters. The molecule has 0 aliphatic carbocycles. The normalized spacial score (nSPS) is 9.71. The summed E-state index contributed by atoms with van der Waals surface area (Å²) in [6.07, 6.45) is 1.50. The first kappa shape index (κ1) is 10.4. The van der Waals surface area contributed by atoms with Crippen LogP contribution in [-0.4, -0.2) is 11.1 Å². The van der Waals surface area contributed by atoms with Gasteiger partial charge in [0.15, 0.2) is 0 Å². The minimum absolute atomic E-state index is 0.174. The van der Waals surface area contributed by atoms with Gasteiger partial charge >= 0.3 is 5.97 Å². The van der Waals surface area contributed by atoms with Gasteiger partial charge in [-0.25, -0.2) is 0 Å². The van der Waals surface area contributed by atoms with Crippen molar-refractivity contribution in [3.63, 3.8) is 0 Å². The van der Waals surface area contributed by atoms with Crippen molar-refractivity contribution in [1.29, 1.82) is 0 Å². The third kappa shape index (κ3) is 3.35. The second-order valence-corrected chi connectivity index (χ2v) is 3.01. The fraction of sp³-hybridized carbons (Fsp3) is 0.300. The van der Waals surface area contributed by atoms with Crippen LogP contribution in [0.3, 0.4) is 0 Å². The first-order valence-corrected chi connectivity index (χ1v) is 4.36. The number of carboxylic acids is 1. The van der Waals surface area contributed by atoms with Crippen molar-refractivity contribution < 1.29 is 9.90 Å². The van der Waals surface area contributed by atoms with E-state index in [4.69, 9.17) is 5.11 Å². The third-order valence-corrected chi connectivity index (χ3v) is 1.90. The lowest BCUT2D eigenvalue weighted by Crippen LogP contribution is -1.95. The topological polar surface area (TPSA) is 66.7 Å². The van der Waals surface area contributed by atoms with Gasteiger partial charge in [-0.1, -0.05) is 12.1 Å². The van der Waals surface area contributed by atoms with Crippen molar-refractivity contribution in [3.8, 4) is 0 Å². The van der Waals surface area contributed by atoms with Crippen LogP contribution in [-0.2, 0) is 11.2 Å². The highest BCUT2D eigenvalue weighted by atomic mass is 16.4. The van der Waals surface area contributed by atoms with Crippen LogP contribution in [0.25, 0.3) is 0 Å². The molecule has 0 spiro atoms. The minimum Gasteiger partial charge on any atom is -0.481 e. The van der Waals surface area contributed by atoms with Gasteiger partial charge in [0, 0.05) is 6.42 Å². The van der Waals surface area contributed by atoms with Crippen molar-refractivity contribution in [2.45, 2.75) is 19.3 Å². The maximum atomic E-state index is 10.2. The van der Waals surface area contributed by atoms with Gasteiger partial charge in [-0.15, -0.1) is 4.91 Å². The molecule has 1 aromatic rings. The number of carboxylic acid groups (broad SMARTS) is 1. The Hall–Kier alpha value is -1.71. The highest BCUT2D eigenvalue weighted by Crippen LogP contribution is 2.13. The minimum atomic E-state index is -0.781. The van der Waals surface area contributed by atoms with E-state index in [0.717, 1.165) is 5.56 Å². The molecule has 0 bridgehead atoms. The maximum Gasteiger partial charge on any atom is 0.303 e. The highest BCUT2D eigenvalue weighted by molar-refractivity contribution is 5.66. The fourth-order valence-corrected chi connectivity index (χ4v) is 1.17. The largest absolute Gasteiger partial charge is 0.481 e. The monoisotopic (exact) mass is 193 g/mol. The van der Waals surface area contributed by atoms with Crippen LogP contribution in [0.15, 0.2) is 29.4 Å². The number of nitroso groups, excluding NO2 is 1. The third-order valence-electron chi connectivity index (χ3n) is 1.90. The van der Waals surface area contributed by atoms with Gasteiger partial charge < -0.3 is 5.11 Å². The van der Waals surface area contributed by atoms with Crippen LogP contribution in [0.2, 0.25) is 0 Å². The summed E-state index contributed by atoms with van der Waals surface area (Å²) in [6, 6.07) is 6.84. The lowest BCUT2D eigenvalue weighted by Gasteiger charge is -1.98. The molecule has 4 heteroatoms. The number of nitrogens with zero attached hydrogens (tertiary/aromatic N) is 1. The summed E-state index contributed by atoms with van der Waals surface area (Å²) < 4.78 is 0. The van der Waals surface area contributed by atoms with E-state index >= 15 is 0 Å². The van der Waals surface area contributed by atoms with Crippen LogP contribution >= 0.6 is 0 Å². The average Bonchev–Trinajstić information content (AvgIpc) is 2.18. The molecule has 74 valence electrons. The van der Waals surface area contributed by atoms with Gasteiger partial charge in [0.2, 0.25) is 0 Å². The van der Waals surface area contributed by atoms with Crippen molar-refractivity contribution >= 4 is 11.7 Å². The number of aliphatic carboxylic acids is 1. The molecule has 0 unspecified atom stereocenters. The number of hydrogen-bond donors (Lipinski definition) is 1. The van der Waals surface area contributed by atoms with E-state index < -0.39 is 5.97 Å². The van der Waals surface area contributed by atoms with Gasteiger partial charge in [-0.05, 0) is 35.7 Å². The van der Waals surface area contributed by atoms with Crippen LogP contribution < -0.4 is 0 Å². The average molecular weight is 193 g/mol. The summed E-state index contributed by atoms with van der Waals surface area (Å²) in [5, 5.41) is 11.2. The first-order chi connectivity index (χ1) is 6.72. The Balaban J connectivity index is 2.43. The van der Waals surface area contributed by atoms with Gasteiger partial charge in [0.25, 0.3) is 0 Å². The van der Waals surface area contributed by atoms with Crippen molar-refractivity contribution in [1.82, 2.24) is 0 Å². The molecule has 0 radical (unpaired) electrons. The summed E-state index contributed by atoms with van der Waals surface area (Å²) >= 11 is 0. The molecule has 0 saturated carbocycles. The molecular weight excluding hydrogens is 182 g/mol. The Morgan fingerprint density at radius 1 is 1.29 bits per heavy atom. The molecule has 4 nitrogen and oxygen atoms in total. The molecule has 14 heavy (non-hydrogen) atoms. The Kier molecular flexibility index (Phi) is 3.79. The molecule has 1 aromatic carbocycles. The predicted octanol–water partition coefficient (Wildman–Crippen LogP) is 2.49. The summed E-state index contributed by atoms with van der Waals surface area (Å²) in [5.74, 6) is -0.781. The number of aryl methyl sites for hydroxylation is 1. The lowest BCUT2D eigenvalue weighted by molar-refractivity contribution is -0.137. The molecule has 0 fully saturated rings. The van der Waals surface area contributed by atoms with Gasteiger partial charge in [-0.2, -0.15) is 0 Å². The van der Waals surface area contributed by atoms with E-state index in [-0.39, 0.29) is 6.42 Å². The molecule has 0 aromatic heterocycles. The van der Waals surface area contributed by atoms with E-state index in [1.807, 2.05) is 0 Å². The van der Waals surface area contributed by atoms with Crippen LogP contribution in [0, 0.1) is 4.91 Å². The molecule has 1 rings (SSSR count). The van der Waals surface area contributed by atoms with E-state index in [0.29, 0.717) is 18.5 Å². The van der Waals surface area contributed by atoms with E-state index in [2.05, 4.69) is 5.18 Å². The Morgan fingerprint density at radius 3 is 2.43 bits per heavy atom. The zero-order valence-corrected chi connectivity index (χ0v) is 7.64. The number of rotatable bonds is 5. The molecule has 0 saturated heterocycles. The van der Waals surface area contributed by atoms with E-state index in [1.54, 1.807) is 24.3 Å². The molecule has 0 aliphatic heterocycles. The molecular formula is C10H11NO3. The molecule has 0 amide bonds. The summed E-state index contributed by atoms with van der Waals surface area (Å²) in [5.41, 5.74) is 1.42. The fourth-order valence-electron chi connectivity index (χ4n) is 1.17. The van der Waals surface area contributed by atoms with Crippen LogP contribution in [0.4, 0.5) is 5.69 Å². The lowest BCUT2D eigenvalue weighted by atomic mass is 10.1. The van der Waals surface area contributed by atoms with E-state index in [1.165, 1.54) is 0 Å². The number of benzene rings is 1. The summed E-state index contributed by atoms with van der Waals surface area (Å²) in [7, 11) is 0. The maximum absolute atomic E-state index is 10.2. The van der Waals surface area contributed by atoms with Crippen molar-refractivity contribution in [2.24, 2.45) is 5.18 Å². The highest BCUT2D eigenvalue weighted by Gasteiger charge is 1.98. The predicted molar refractivity (Wildman–Crippen MR) is 52.5 cm³/mol. The van der Waals surface area contributed by atoms with Crippen molar-refractivity contribution in [3.05, 3.63) is 34.7 Å². The van der Waals surface area contributed by atoms with Crippen LogP contribution in [0.1, 0.15) is 18.4 Å². The number of hydrogen-bond acceptors (Lipinski definition) is 3. The second-order valence-electron chi connectivity index (χ2n) is 3.01. The Bertz CT molecular complexity index is 319. The zero-order chi connectivity index (χ0) is 10.4. The summed E-state index contributed by atoms with van der Waals surface area (Å²) in [4.78, 5) is 20.3. The second kappa shape index (κ2) is 5.11. The van der Waals surface area contributed by atoms with Gasteiger partial charge in [-0.3, -0.25) is 4.79 Å². The first-order valence-electron chi connectivity index (χ1n) is 4.36. The SMILES string of the molecule is O=Nc1ccc(CCCC(=O)O)cc1. The molecule has 0 heterocycles. The Labute approximate surface area is 81.5 Å². The van der Waals surface area contributed by atoms with Crippen LogP contribution in [0.5, 0.6) is 0 Å². The van der Waals surface area contributed by atoms with Gasteiger partial charge in [0.1, 0.15) is 5.69 Å². The van der Waals surface area contributed by atoms with Gasteiger partial charge in [0.05, 0.1) is 0 Å². The number of carbonyl (C=O) groups is 1. The summed E-state index contributed by atoms with van der Waals surface area (Å²) in [6.45, 7) is 0. The molecule has 1 N–H and O–H groups in total. The smallest absolute Gasteiger partial charge is 0.303 e. The van der Waals surface area contributed by atoms with Crippen molar-refractivity contribution in [2.75, 3.05) is 0 Å². The molecule has 0 aliphatic rings. The zero-order valence-electron chi connectivity index (χ0n) is 7.64. The Morgan fingerprint density at radius 2 is 1.93 bits per heavy atom.